The number of carbonyl (C=O) groups excluding carboxylic acids is 2. The first-order chi connectivity index (χ1) is 11.0. The molecular weight excluding hydrogens is 326 g/mol. The van der Waals surface area contributed by atoms with Crippen LogP contribution in [0.2, 0.25) is 0 Å². The fourth-order valence-electron chi connectivity index (χ4n) is 2.56. The smallest absolute Gasteiger partial charge is 0.242 e. The van der Waals surface area contributed by atoms with E-state index in [1.54, 1.807) is 0 Å². The summed E-state index contributed by atoms with van der Waals surface area (Å²) in [6.45, 7) is 4.32. The van der Waals surface area contributed by atoms with Crippen LogP contribution in [0.5, 0.6) is 0 Å². The fourth-order valence-corrected chi connectivity index (χ4v) is 2.56. The van der Waals surface area contributed by atoms with E-state index in [1.165, 1.54) is 0 Å². The molecule has 2 amide bonds. The summed E-state index contributed by atoms with van der Waals surface area (Å²) < 4.78 is 0. The highest BCUT2D eigenvalue weighted by Crippen LogP contribution is 2.31. The molecule has 1 aromatic carbocycles. The predicted molar refractivity (Wildman–Crippen MR) is 97.9 cm³/mol. The van der Waals surface area contributed by atoms with Gasteiger partial charge in [0, 0.05) is 12.6 Å². The maximum Gasteiger partial charge on any atom is 0.242 e. The predicted octanol–water partition coefficient (Wildman–Crippen LogP) is 1.65. The molecule has 6 heteroatoms. The van der Waals surface area contributed by atoms with Gasteiger partial charge in [-0.05, 0) is 30.2 Å². The van der Waals surface area contributed by atoms with Gasteiger partial charge in [-0.3, -0.25) is 9.59 Å². The van der Waals surface area contributed by atoms with Crippen molar-refractivity contribution in [3.05, 3.63) is 35.9 Å². The van der Waals surface area contributed by atoms with Crippen molar-refractivity contribution in [3.63, 3.8) is 0 Å². The van der Waals surface area contributed by atoms with Crippen LogP contribution in [0.25, 0.3) is 0 Å². The molecule has 24 heavy (non-hydrogen) atoms. The second-order valence-electron chi connectivity index (χ2n) is 6.70. The zero-order chi connectivity index (χ0) is 16.8. The number of nitrogens with two attached hydrogens (primary N) is 1. The van der Waals surface area contributed by atoms with Gasteiger partial charge in [0.2, 0.25) is 11.8 Å². The molecule has 0 bridgehead atoms. The Hall–Kier alpha value is -1.59. The number of rotatable bonds is 8. The lowest BCUT2D eigenvalue weighted by molar-refractivity contribution is -0.129. The van der Waals surface area contributed by atoms with E-state index < -0.39 is 6.04 Å². The minimum Gasteiger partial charge on any atom is -0.353 e. The van der Waals surface area contributed by atoms with Crippen LogP contribution in [-0.4, -0.2) is 30.4 Å². The van der Waals surface area contributed by atoms with Crippen LogP contribution >= 0.6 is 12.4 Å². The lowest BCUT2D eigenvalue weighted by atomic mass is 10.0. The molecule has 5 nitrogen and oxygen atoms in total. The molecule has 1 aliphatic carbocycles. The summed E-state index contributed by atoms with van der Waals surface area (Å²) in [5, 5.41) is 5.72. The number of amides is 2. The minimum atomic E-state index is -0.530. The largest absolute Gasteiger partial charge is 0.353 e. The number of nitrogens with one attached hydrogen (secondary N) is 2. The highest BCUT2D eigenvalue weighted by molar-refractivity contribution is 5.88. The summed E-state index contributed by atoms with van der Waals surface area (Å²) in [6, 6.07) is 9.00. The van der Waals surface area contributed by atoms with E-state index in [0.717, 1.165) is 18.4 Å². The first-order valence-corrected chi connectivity index (χ1v) is 8.34. The Labute approximate surface area is 150 Å². The summed E-state index contributed by atoms with van der Waals surface area (Å²) in [6.07, 6.45) is 2.58. The van der Waals surface area contributed by atoms with Crippen molar-refractivity contribution in [3.8, 4) is 0 Å². The average molecular weight is 354 g/mol. The third-order valence-corrected chi connectivity index (χ3v) is 4.21. The number of hydrogen-bond acceptors (Lipinski definition) is 3. The van der Waals surface area contributed by atoms with Crippen molar-refractivity contribution < 1.29 is 9.59 Å². The lowest BCUT2D eigenvalue weighted by Crippen LogP contribution is -2.52. The number of halogens is 1. The van der Waals surface area contributed by atoms with E-state index in [4.69, 9.17) is 5.73 Å². The summed E-state index contributed by atoms with van der Waals surface area (Å²) in [4.78, 5) is 24.5. The van der Waals surface area contributed by atoms with Crippen molar-refractivity contribution in [1.82, 2.24) is 10.6 Å². The van der Waals surface area contributed by atoms with Gasteiger partial charge in [0.15, 0.2) is 0 Å². The Bertz CT molecular complexity index is 532. The summed E-state index contributed by atoms with van der Waals surface area (Å²) in [5.74, 6) is 0.265. The van der Waals surface area contributed by atoms with Crippen LogP contribution in [0.4, 0.5) is 0 Å². The molecule has 2 atom stereocenters. The van der Waals surface area contributed by atoms with Crippen LogP contribution < -0.4 is 16.4 Å². The van der Waals surface area contributed by atoms with Crippen molar-refractivity contribution in [1.29, 1.82) is 0 Å². The lowest BCUT2D eigenvalue weighted by Gasteiger charge is -2.23. The standard InChI is InChI=1S/C18H27N3O2.ClH/c1-12(2)17(18(23)20-11-15(19)14-8-9-14)21-16(22)10-13-6-4-3-5-7-13;/h3-7,12,14-15,17H,8-11,19H2,1-2H3,(H,20,23)(H,21,22);1H. The number of hydrogen-bond donors (Lipinski definition) is 3. The Balaban J connectivity index is 0.00000288. The van der Waals surface area contributed by atoms with Crippen LogP contribution in [0.15, 0.2) is 30.3 Å². The molecule has 0 aliphatic heterocycles. The van der Waals surface area contributed by atoms with Gasteiger partial charge in [-0.15, -0.1) is 12.4 Å². The molecule has 0 aromatic heterocycles. The molecule has 0 heterocycles. The second-order valence-corrected chi connectivity index (χ2v) is 6.70. The highest BCUT2D eigenvalue weighted by atomic mass is 35.5. The normalized spacial score (nSPS) is 16.0. The molecule has 0 radical (unpaired) electrons. The number of benzene rings is 1. The highest BCUT2D eigenvalue weighted by Gasteiger charge is 2.30. The van der Waals surface area contributed by atoms with E-state index in [0.29, 0.717) is 12.5 Å². The van der Waals surface area contributed by atoms with E-state index in [-0.39, 0.29) is 42.6 Å². The molecule has 1 fully saturated rings. The van der Waals surface area contributed by atoms with Gasteiger partial charge >= 0.3 is 0 Å². The maximum absolute atomic E-state index is 12.3. The van der Waals surface area contributed by atoms with Gasteiger partial charge in [-0.1, -0.05) is 44.2 Å². The quantitative estimate of drug-likeness (QED) is 0.664. The zero-order valence-electron chi connectivity index (χ0n) is 14.3. The van der Waals surface area contributed by atoms with Crippen LogP contribution in [-0.2, 0) is 16.0 Å². The molecule has 0 saturated heterocycles. The summed E-state index contributed by atoms with van der Waals surface area (Å²) in [5.41, 5.74) is 6.94. The van der Waals surface area contributed by atoms with Crippen molar-refractivity contribution in [2.45, 2.75) is 45.2 Å². The second kappa shape index (κ2) is 9.64. The van der Waals surface area contributed by atoms with Crippen LogP contribution in [0.1, 0.15) is 32.3 Å². The van der Waals surface area contributed by atoms with Gasteiger partial charge in [-0.25, -0.2) is 0 Å². The van der Waals surface area contributed by atoms with Gasteiger partial charge < -0.3 is 16.4 Å². The Morgan fingerprint density at radius 2 is 1.83 bits per heavy atom. The zero-order valence-corrected chi connectivity index (χ0v) is 15.1. The van der Waals surface area contributed by atoms with Gasteiger partial charge in [0.25, 0.3) is 0 Å². The molecule has 2 rings (SSSR count). The molecule has 1 aliphatic rings. The average Bonchev–Trinajstić information content (AvgIpc) is 3.35. The molecular formula is C18H28ClN3O2. The fraction of sp³-hybridized carbons (Fsp3) is 0.556. The number of carbonyl (C=O) groups is 2. The molecule has 4 N–H and O–H groups in total. The van der Waals surface area contributed by atoms with E-state index >= 15 is 0 Å². The van der Waals surface area contributed by atoms with Gasteiger partial charge in [0.05, 0.1) is 6.42 Å². The van der Waals surface area contributed by atoms with Crippen LogP contribution in [0, 0.1) is 11.8 Å². The minimum absolute atomic E-state index is 0. The molecule has 0 spiro atoms. The third-order valence-electron chi connectivity index (χ3n) is 4.21. The maximum atomic E-state index is 12.3. The SMILES string of the molecule is CC(C)C(NC(=O)Cc1ccccc1)C(=O)NCC(N)C1CC1.Cl. The van der Waals surface area contributed by atoms with E-state index in [9.17, 15) is 9.59 Å². The molecule has 2 unspecified atom stereocenters. The van der Waals surface area contributed by atoms with Crippen LogP contribution in [0.3, 0.4) is 0 Å². The van der Waals surface area contributed by atoms with Gasteiger partial charge in [-0.2, -0.15) is 0 Å². The summed E-state index contributed by atoms with van der Waals surface area (Å²) >= 11 is 0. The summed E-state index contributed by atoms with van der Waals surface area (Å²) in [7, 11) is 0. The molecule has 1 aromatic rings. The first kappa shape index (κ1) is 20.5. The Kier molecular flexibility index (Phi) is 8.22. The van der Waals surface area contributed by atoms with E-state index in [2.05, 4.69) is 10.6 Å². The van der Waals surface area contributed by atoms with Gasteiger partial charge in [0.1, 0.15) is 6.04 Å². The topological polar surface area (TPSA) is 84.2 Å². The molecule has 134 valence electrons. The Morgan fingerprint density at radius 3 is 2.38 bits per heavy atom. The van der Waals surface area contributed by atoms with E-state index in [1.807, 2.05) is 44.2 Å². The Morgan fingerprint density at radius 1 is 1.21 bits per heavy atom. The van der Waals surface area contributed by atoms with Crippen molar-refractivity contribution >= 4 is 24.2 Å². The third kappa shape index (κ3) is 6.49. The van der Waals surface area contributed by atoms with Crippen molar-refractivity contribution in [2.75, 3.05) is 6.54 Å². The monoisotopic (exact) mass is 353 g/mol. The first-order valence-electron chi connectivity index (χ1n) is 8.34. The van der Waals surface area contributed by atoms with Crippen molar-refractivity contribution in [2.24, 2.45) is 17.6 Å². The molecule has 1 saturated carbocycles.